The predicted octanol–water partition coefficient (Wildman–Crippen LogP) is 3.72. The first-order valence-corrected chi connectivity index (χ1v) is 5.05. The van der Waals surface area contributed by atoms with Crippen LogP contribution in [0.2, 0.25) is 10.2 Å². The number of benzene rings is 1. The summed E-state index contributed by atoms with van der Waals surface area (Å²) in [6.07, 6.45) is 0. The molecule has 0 spiro atoms. The Hall–Kier alpha value is -1.30. The lowest BCUT2D eigenvalue weighted by Gasteiger charge is -2.06. The van der Waals surface area contributed by atoms with E-state index >= 15 is 0 Å². The summed E-state index contributed by atoms with van der Waals surface area (Å²) >= 11 is 11.9. The van der Waals surface area contributed by atoms with Crippen molar-refractivity contribution in [1.29, 1.82) is 5.26 Å². The van der Waals surface area contributed by atoms with Gasteiger partial charge in [0.05, 0.1) is 10.5 Å². The highest BCUT2D eigenvalue weighted by Gasteiger charge is 2.12. The number of rotatable bonds is 0. The van der Waals surface area contributed by atoms with Gasteiger partial charge in [-0.3, -0.25) is 0 Å². The fourth-order valence-electron chi connectivity index (χ4n) is 1.50. The average Bonchev–Trinajstić information content (AvgIpc) is 2.17. The summed E-state index contributed by atoms with van der Waals surface area (Å²) in [5.74, 6) is 0. The molecular weight excluding hydrogens is 231 g/mol. The third kappa shape index (κ3) is 1.54. The molecule has 0 radical (unpaired) electrons. The van der Waals surface area contributed by atoms with E-state index in [0.717, 1.165) is 10.9 Å². The van der Waals surface area contributed by atoms with Crippen LogP contribution in [-0.4, -0.2) is 4.98 Å². The number of aromatic nitrogens is 1. The number of nitriles is 1. The van der Waals surface area contributed by atoms with E-state index in [2.05, 4.69) is 4.98 Å². The summed E-state index contributed by atoms with van der Waals surface area (Å²) in [7, 11) is 0. The van der Waals surface area contributed by atoms with Gasteiger partial charge in [0.1, 0.15) is 16.8 Å². The van der Waals surface area contributed by atoms with E-state index in [4.69, 9.17) is 28.5 Å². The van der Waals surface area contributed by atoms with E-state index in [1.807, 2.05) is 31.2 Å². The Bertz CT molecular complexity index is 585. The van der Waals surface area contributed by atoms with Crippen LogP contribution < -0.4 is 0 Å². The van der Waals surface area contributed by atoms with Gasteiger partial charge in [-0.1, -0.05) is 35.3 Å². The largest absolute Gasteiger partial charge is 0.235 e. The molecule has 1 heterocycles. The minimum Gasteiger partial charge on any atom is -0.235 e. The molecule has 0 fully saturated rings. The van der Waals surface area contributed by atoms with Crippen molar-refractivity contribution in [2.24, 2.45) is 0 Å². The van der Waals surface area contributed by atoms with Crippen LogP contribution in [-0.2, 0) is 0 Å². The van der Waals surface area contributed by atoms with Crippen molar-refractivity contribution in [2.45, 2.75) is 6.92 Å². The van der Waals surface area contributed by atoms with Crippen molar-refractivity contribution in [3.63, 3.8) is 0 Å². The van der Waals surface area contributed by atoms with Crippen LogP contribution in [0.1, 0.15) is 11.1 Å². The molecule has 74 valence electrons. The molecule has 0 amide bonds. The number of pyridine rings is 1. The molecule has 0 unspecified atom stereocenters. The van der Waals surface area contributed by atoms with Crippen molar-refractivity contribution in [1.82, 2.24) is 4.98 Å². The summed E-state index contributed by atoms with van der Waals surface area (Å²) in [4.78, 5) is 4.13. The monoisotopic (exact) mass is 236 g/mol. The van der Waals surface area contributed by atoms with Crippen molar-refractivity contribution >= 4 is 34.1 Å². The van der Waals surface area contributed by atoms with Crippen LogP contribution in [0.15, 0.2) is 18.2 Å². The quantitative estimate of drug-likeness (QED) is 0.654. The minimum absolute atomic E-state index is 0.153. The average molecular weight is 237 g/mol. The third-order valence-corrected chi connectivity index (χ3v) is 2.88. The molecule has 2 rings (SSSR count). The molecule has 4 heteroatoms. The standard InChI is InChI=1S/C11H6Cl2N2/c1-6-3-2-4-8-9(6)10(12)7(5-14)11(13)15-8/h2-4H,1H3. The third-order valence-electron chi connectivity index (χ3n) is 2.23. The fourth-order valence-corrected chi connectivity index (χ4v) is 2.16. The number of halogens is 2. The molecule has 0 aliphatic rings. The molecule has 0 aliphatic carbocycles. The molecule has 1 aromatic heterocycles. The Morgan fingerprint density at radius 2 is 2.07 bits per heavy atom. The van der Waals surface area contributed by atoms with Gasteiger partial charge in [0, 0.05) is 5.39 Å². The van der Waals surface area contributed by atoms with Gasteiger partial charge in [-0.15, -0.1) is 0 Å². The summed E-state index contributed by atoms with van der Waals surface area (Å²) < 4.78 is 0. The summed E-state index contributed by atoms with van der Waals surface area (Å²) in [5.41, 5.74) is 1.93. The molecule has 2 aromatic rings. The lowest BCUT2D eigenvalue weighted by molar-refractivity contribution is 1.36. The number of nitrogens with zero attached hydrogens (tertiary/aromatic N) is 2. The summed E-state index contributed by atoms with van der Waals surface area (Å²) in [6, 6.07) is 7.58. The molecule has 0 saturated carbocycles. The Labute approximate surface area is 97.1 Å². The van der Waals surface area contributed by atoms with Gasteiger partial charge < -0.3 is 0 Å². The zero-order valence-corrected chi connectivity index (χ0v) is 9.39. The van der Waals surface area contributed by atoms with Crippen molar-refractivity contribution < 1.29 is 0 Å². The highest BCUT2D eigenvalue weighted by molar-refractivity contribution is 6.39. The second-order valence-corrected chi connectivity index (χ2v) is 3.91. The van der Waals surface area contributed by atoms with Gasteiger partial charge in [-0.25, -0.2) is 4.98 Å². The van der Waals surface area contributed by atoms with Crippen molar-refractivity contribution in [3.05, 3.63) is 39.5 Å². The number of aryl methyl sites for hydroxylation is 1. The highest BCUT2D eigenvalue weighted by Crippen LogP contribution is 2.31. The van der Waals surface area contributed by atoms with E-state index in [1.165, 1.54) is 0 Å². The predicted molar refractivity (Wildman–Crippen MR) is 61.2 cm³/mol. The van der Waals surface area contributed by atoms with Crippen LogP contribution in [0.4, 0.5) is 0 Å². The first-order chi connectivity index (χ1) is 7.15. The Balaban J connectivity index is 3.01. The second-order valence-electron chi connectivity index (χ2n) is 3.17. The molecule has 0 atom stereocenters. The van der Waals surface area contributed by atoms with Gasteiger partial charge in [-0.2, -0.15) is 5.26 Å². The lowest BCUT2D eigenvalue weighted by atomic mass is 10.1. The number of hydrogen-bond donors (Lipinski definition) is 0. The molecule has 1 aromatic carbocycles. The molecular formula is C11H6Cl2N2. The normalized spacial score (nSPS) is 10.3. The number of hydrogen-bond acceptors (Lipinski definition) is 2. The highest BCUT2D eigenvalue weighted by atomic mass is 35.5. The maximum atomic E-state index is 8.89. The molecule has 15 heavy (non-hydrogen) atoms. The Morgan fingerprint density at radius 1 is 1.33 bits per heavy atom. The van der Waals surface area contributed by atoms with E-state index in [0.29, 0.717) is 10.5 Å². The van der Waals surface area contributed by atoms with Gasteiger partial charge in [0.15, 0.2) is 0 Å². The Morgan fingerprint density at radius 3 is 2.73 bits per heavy atom. The lowest BCUT2D eigenvalue weighted by Crippen LogP contribution is -1.90. The SMILES string of the molecule is Cc1cccc2nc(Cl)c(C#N)c(Cl)c12. The maximum Gasteiger partial charge on any atom is 0.149 e. The Kier molecular flexibility index (Phi) is 2.52. The molecule has 0 N–H and O–H groups in total. The fraction of sp³-hybridized carbons (Fsp3) is 0.0909. The molecule has 2 nitrogen and oxygen atoms in total. The zero-order valence-electron chi connectivity index (χ0n) is 7.88. The topological polar surface area (TPSA) is 36.7 Å². The van der Waals surface area contributed by atoms with Gasteiger partial charge in [0.2, 0.25) is 0 Å². The molecule has 0 saturated heterocycles. The first kappa shape index (κ1) is 10.2. The van der Waals surface area contributed by atoms with Crippen molar-refractivity contribution in [3.8, 4) is 6.07 Å². The van der Waals surface area contributed by atoms with Crippen LogP contribution in [0.25, 0.3) is 10.9 Å². The van der Waals surface area contributed by atoms with Gasteiger partial charge in [0.25, 0.3) is 0 Å². The summed E-state index contributed by atoms with van der Waals surface area (Å²) in [5, 5.41) is 10.2. The first-order valence-electron chi connectivity index (χ1n) is 4.29. The van der Waals surface area contributed by atoms with E-state index in [9.17, 15) is 0 Å². The molecule has 0 bridgehead atoms. The van der Waals surface area contributed by atoms with E-state index in [-0.39, 0.29) is 10.7 Å². The summed E-state index contributed by atoms with van der Waals surface area (Å²) in [6.45, 7) is 1.92. The van der Waals surface area contributed by atoms with E-state index < -0.39 is 0 Å². The zero-order chi connectivity index (χ0) is 11.0. The minimum atomic E-state index is 0.153. The van der Waals surface area contributed by atoms with Crippen LogP contribution >= 0.6 is 23.2 Å². The molecule has 0 aliphatic heterocycles. The van der Waals surface area contributed by atoms with Gasteiger partial charge >= 0.3 is 0 Å². The number of fused-ring (bicyclic) bond motifs is 1. The van der Waals surface area contributed by atoms with Crippen LogP contribution in [0.5, 0.6) is 0 Å². The van der Waals surface area contributed by atoms with Gasteiger partial charge in [-0.05, 0) is 18.6 Å². The second kappa shape index (κ2) is 3.69. The van der Waals surface area contributed by atoms with Crippen LogP contribution in [0.3, 0.4) is 0 Å². The van der Waals surface area contributed by atoms with Crippen molar-refractivity contribution in [2.75, 3.05) is 0 Å². The van der Waals surface area contributed by atoms with Crippen LogP contribution in [0, 0.1) is 18.3 Å². The van der Waals surface area contributed by atoms with E-state index in [1.54, 1.807) is 0 Å². The maximum absolute atomic E-state index is 8.89. The smallest absolute Gasteiger partial charge is 0.149 e.